The molecule has 0 spiro atoms. The smallest absolute Gasteiger partial charge is 0.262 e. The lowest BCUT2D eigenvalue weighted by molar-refractivity contribution is -0.135. The van der Waals surface area contributed by atoms with E-state index in [9.17, 15) is 14.4 Å². The molecule has 0 bridgehead atoms. The Hall–Kier alpha value is -2.26. The van der Waals surface area contributed by atoms with Gasteiger partial charge in [-0.25, -0.2) is 4.98 Å². The van der Waals surface area contributed by atoms with Gasteiger partial charge in [0.1, 0.15) is 4.83 Å². The van der Waals surface area contributed by atoms with Crippen molar-refractivity contribution in [2.45, 2.75) is 53.5 Å². The van der Waals surface area contributed by atoms with Crippen molar-refractivity contribution in [2.24, 2.45) is 11.3 Å². The van der Waals surface area contributed by atoms with Crippen LogP contribution in [0.3, 0.4) is 0 Å². The molecule has 1 aliphatic heterocycles. The van der Waals surface area contributed by atoms with Gasteiger partial charge in [-0.1, -0.05) is 13.8 Å². The summed E-state index contributed by atoms with van der Waals surface area (Å²) in [5, 5.41) is 3.76. The van der Waals surface area contributed by atoms with Crippen LogP contribution in [0.5, 0.6) is 0 Å². The summed E-state index contributed by atoms with van der Waals surface area (Å²) in [4.78, 5) is 48.4. The van der Waals surface area contributed by atoms with Gasteiger partial charge in [0.05, 0.1) is 11.7 Å². The zero-order valence-corrected chi connectivity index (χ0v) is 21.5. The Morgan fingerprint density at radius 2 is 1.91 bits per heavy atom. The van der Waals surface area contributed by atoms with E-state index in [1.54, 1.807) is 6.33 Å². The molecule has 9 heteroatoms. The molecule has 2 aromatic rings. The van der Waals surface area contributed by atoms with Crippen molar-refractivity contribution in [1.82, 2.24) is 24.7 Å². The van der Waals surface area contributed by atoms with E-state index >= 15 is 0 Å². The Kier molecular flexibility index (Phi) is 7.95. The summed E-state index contributed by atoms with van der Waals surface area (Å²) in [6, 6.07) is 0. The van der Waals surface area contributed by atoms with Crippen LogP contribution >= 0.6 is 11.3 Å². The molecular formula is C24H37N5O3S. The average molecular weight is 476 g/mol. The van der Waals surface area contributed by atoms with E-state index in [1.165, 1.54) is 15.9 Å². The fraction of sp³-hybridized carbons (Fsp3) is 0.667. The van der Waals surface area contributed by atoms with Crippen LogP contribution in [-0.4, -0.2) is 71.4 Å². The fourth-order valence-electron chi connectivity index (χ4n) is 4.58. The van der Waals surface area contributed by atoms with Gasteiger partial charge < -0.3 is 15.1 Å². The molecule has 2 amide bonds. The zero-order valence-electron chi connectivity index (χ0n) is 20.7. The lowest BCUT2D eigenvalue weighted by atomic mass is 9.91. The number of fused-ring (bicyclic) bond motifs is 1. The predicted molar refractivity (Wildman–Crippen MR) is 133 cm³/mol. The number of rotatable bonds is 8. The number of piperidine rings is 1. The fourth-order valence-corrected chi connectivity index (χ4v) is 5.56. The van der Waals surface area contributed by atoms with E-state index in [0.717, 1.165) is 21.8 Å². The monoisotopic (exact) mass is 475 g/mol. The second kappa shape index (κ2) is 10.3. The molecule has 1 fully saturated rings. The number of aryl methyl sites for hydroxylation is 3. The number of hydrogen-bond donors (Lipinski definition) is 1. The van der Waals surface area contributed by atoms with Gasteiger partial charge in [-0.2, -0.15) is 0 Å². The third-order valence-corrected chi connectivity index (χ3v) is 7.54. The molecule has 1 N–H and O–H groups in total. The summed E-state index contributed by atoms with van der Waals surface area (Å²) in [5.74, 6) is 0.0516. The number of aromatic nitrogens is 2. The summed E-state index contributed by atoms with van der Waals surface area (Å²) < 4.78 is 1.54. The van der Waals surface area contributed by atoms with Crippen LogP contribution in [0.2, 0.25) is 0 Å². The number of carbonyl (C=O) groups excluding carboxylic acids is 2. The summed E-state index contributed by atoms with van der Waals surface area (Å²) in [6.07, 6.45) is 3.14. The second-order valence-electron chi connectivity index (χ2n) is 10.2. The quantitative estimate of drug-likeness (QED) is 0.634. The van der Waals surface area contributed by atoms with Gasteiger partial charge in [-0.15, -0.1) is 11.3 Å². The molecule has 3 heterocycles. The van der Waals surface area contributed by atoms with Crippen molar-refractivity contribution in [3.63, 3.8) is 0 Å². The molecule has 0 aliphatic carbocycles. The minimum absolute atomic E-state index is 0.00599. The minimum atomic E-state index is -0.0813. The summed E-state index contributed by atoms with van der Waals surface area (Å²) in [5.41, 5.74) is 0.896. The number of nitrogens with one attached hydrogen (secondary N) is 1. The van der Waals surface area contributed by atoms with Gasteiger partial charge >= 0.3 is 0 Å². The highest BCUT2D eigenvalue weighted by Gasteiger charge is 2.28. The van der Waals surface area contributed by atoms with Crippen LogP contribution in [-0.2, 0) is 16.1 Å². The molecule has 33 heavy (non-hydrogen) atoms. The van der Waals surface area contributed by atoms with Crippen molar-refractivity contribution in [3.8, 4) is 0 Å². The van der Waals surface area contributed by atoms with Crippen molar-refractivity contribution in [3.05, 3.63) is 27.1 Å². The Morgan fingerprint density at radius 3 is 2.55 bits per heavy atom. The van der Waals surface area contributed by atoms with Crippen LogP contribution < -0.4 is 10.9 Å². The van der Waals surface area contributed by atoms with Crippen molar-refractivity contribution >= 4 is 33.4 Å². The first-order chi connectivity index (χ1) is 15.5. The first-order valence-corrected chi connectivity index (χ1v) is 12.5. The molecule has 0 aromatic carbocycles. The standard InChI is InChI=1S/C24H37N5O3S/c1-16-17(2)33-22-20(16)23(32)29(15-26-22)12-9-19(30)28-10-7-18(8-11-28)21(31)25-13-24(3,4)14-27(5)6/h15,18H,7-14H2,1-6H3,(H,25,31). The molecule has 2 aromatic heterocycles. The van der Waals surface area contributed by atoms with Crippen molar-refractivity contribution in [1.29, 1.82) is 0 Å². The van der Waals surface area contributed by atoms with Crippen molar-refractivity contribution in [2.75, 3.05) is 40.3 Å². The SMILES string of the molecule is Cc1sc2ncn(CCC(=O)N3CCC(C(=O)NCC(C)(C)CN(C)C)CC3)c(=O)c2c1C. The first kappa shape index (κ1) is 25.4. The van der Waals surface area contributed by atoms with E-state index in [2.05, 4.69) is 29.0 Å². The Bertz CT molecular complexity index is 1060. The summed E-state index contributed by atoms with van der Waals surface area (Å²) in [6.45, 7) is 11.2. The van der Waals surface area contributed by atoms with Crippen LogP contribution in [0.1, 0.15) is 43.6 Å². The predicted octanol–water partition coefficient (Wildman–Crippen LogP) is 2.41. The van der Waals surface area contributed by atoms with E-state index in [-0.39, 0.29) is 35.1 Å². The molecule has 182 valence electrons. The van der Waals surface area contributed by atoms with Crippen molar-refractivity contribution < 1.29 is 9.59 Å². The van der Waals surface area contributed by atoms with E-state index < -0.39 is 0 Å². The normalized spacial score (nSPS) is 15.4. The molecule has 1 saturated heterocycles. The molecule has 0 atom stereocenters. The number of thiophene rings is 1. The average Bonchev–Trinajstić information content (AvgIpc) is 3.05. The van der Waals surface area contributed by atoms with Gasteiger partial charge in [0.25, 0.3) is 5.56 Å². The second-order valence-corrected chi connectivity index (χ2v) is 11.4. The largest absolute Gasteiger partial charge is 0.355 e. The number of nitrogens with zero attached hydrogens (tertiary/aromatic N) is 4. The topological polar surface area (TPSA) is 87.5 Å². The molecule has 0 radical (unpaired) electrons. The zero-order chi connectivity index (χ0) is 24.3. The van der Waals surface area contributed by atoms with Crippen LogP contribution in [0.15, 0.2) is 11.1 Å². The first-order valence-electron chi connectivity index (χ1n) is 11.6. The number of likely N-dealkylation sites (tertiary alicyclic amines) is 1. The Labute approximate surface area is 200 Å². The van der Waals surface area contributed by atoms with Gasteiger partial charge in [0.15, 0.2) is 0 Å². The molecule has 0 unspecified atom stereocenters. The lowest BCUT2D eigenvalue weighted by Crippen LogP contribution is -2.46. The molecule has 3 rings (SSSR count). The molecule has 0 saturated carbocycles. The van der Waals surface area contributed by atoms with E-state index in [0.29, 0.717) is 44.4 Å². The third kappa shape index (κ3) is 6.20. The van der Waals surface area contributed by atoms with Gasteiger partial charge in [0.2, 0.25) is 11.8 Å². The van der Waals surface area contributed by atoms with Gasteiger partial charge in [-0.3, -0.25) is 19.0 Å². The van der Waals surface area contributed by atoms with Crippen LogP contribution in [0.4, 0.5) is 0 Å². The maximum absolute atomic E-state index is 12.8. The molecule has 8 nitrogen and oxygen atoms in total. The van der Waals surface area contributed by atoms with Crippen LogP contribution in [0.25, 0.3) is 10.2 Å². The highest BCUT2D eigenvalue weighted by molar-refractivity contribution is 7.18. The summed E-state index contributed by atoms with van der Waals surface area (Å²) >= 11 is 1.52. The molecular weight excluding hydrogens is 438 g/mol. The maximum Gasteiger partial charge on any atom is 0.262 e. The number of hydrogen-bond acceptors (Lipinski definition) is 6. The maximum atomic E-state index is 12.8. The minimum Gasteiger partial charge on any atom is -0.355 e. The number of amides is 2. The van der Waals surface area contributed by atoms with Gasteiger partial charge in [-0.05, 0) is 51.8 Å². The van der Waals surface area contributed by atoms with Gasteiger partial charge in [0, 0.05) is 49.9 Å². The van der Waals surface area contributed by atoms with E-state index in [4.69, 9.17) is 0 Å². The molecule has 1 aliphatic rings. The van der Waals surface area contributed by atoms with Crippen LogP contribution in [0, 0.1) is 25.2 Å². The highest BCUT2D eigenvalue weighted by Crippen LogP contribution is 2.25. The summed E-state index contributed by atoms with van der Waals surface area (Å²) in [7, 11) is 4.07. The third-order valence-electron chi connectivity index (χ3n) is 6.43. The van der Waals surface area contributed by atoms with E-state index in [1.807, 2.05) is 32.8 Å². The number of carbonyl (C=O) groups is 2. The Balaban J connectivity index is 1.48. The Morgan fingerprint density at radius 1 is 1.24 bits per heavy atom. The lowest BCUT2D eigenvalue weighted by Gasteiger charge is -2.33. The highest BCUT2D eigenvalue weighted by atomic mass is 32.1.